The van der Waals surface area contributed by atoms with E-state index in [-0.39, 0.29) is 6.04 Å². The summed E-state index contributed by atoms with van der Waals surface area (Å²) in [6, 6.07) is 5.54. The van der Waals surface area contributed by atoms with E-state index in [2.05, 4.69) is 12.0 Å². The van der Waals surface area contributed by atoms with Crippen molar-refractivity contribution in [3.8, 4) is 11.5 Å². The van der Waals surface area contributed by atoms with Gasteiger partial charge in [-0.05, 0) is 31.0 Å². The van der Waals surface area contributed by atoms with Gasteiger partial charge in [0.15, 0.2) is 5.75 Å². The lowest BCUT2D eigenvalue weighted by Gasteiger charge is -2.09. The van der Waals surface area contributed by atoms with E-state index in [1.807, 2.05) is 36.0 Å². The van der Waals surface area contributed by atoms with Crippen LogP contribution in [0.3, 0.4) is 0 Å². The Morgan fingerprint density at radius 1 is 1.47 bits per heavy atom. The molecule has 1 atom stereocenters. The van der Waals surface area contributed by atoms with Crippen LogP contribution in [0.25, 0.3) is 0 Å². The van der Waals surface area contributed by atoms with Gasteiger partial charge in [-0.1, -0.05) is 24.6 Å². The van der Waals surface area contributed by atoms with Crippen molar-refractivity contribution in [2.75, 3.05) is 0 Å². The Kier molecular flexibility index (Phi) is 4.45. The Morgan fingerprint density at radius 2 is 2.26 bits per heavy atom. The number of aryl methyl sites for hydroxylation is 1. The number of rotatable bonds is 5. The fourth-order valence-corrected chi connectivity index (χ4v) is 1.99. The van der Waals surface area contributed by atoms with Crippen molar-refractivity contribution in [3.05, 3.63) is 41.2 Å². The van der Waals surface area contributed by atoms with Crippen molar-refractivity contribution in [1.29, 1.82) is 0 Å². The third kappa shape index (κ3) is 3.49. The van der Waals surface area contributed by atoms with Crippen LogP contribution in [0.15, 0.2) is 30.6 Å². The lowest BCUT2D eigenvalue weighted by atomic mass is 10.1. The van der Waals surface area contributed by atoms with E-state index in [1.54, 1.807) is 6.20 Å². The topological polar surface area (TPSA) is 53.1 Å². The summed E-state index contributed by atoms with van der Waals surface area (Å²) in [4.78, 5) is 0. The predicted molar refractivity (Wildman–Crippen MR) is 76.6 cm³/mol. The van der Waals surface area contributed by atoms with Crippen LogP contribution in [-0.2, 0) is 6.54 Å². The molecule has 0 spiro atoms. The largest absolute Gasteiger partial charge is 0.452 e. The van der Waals surface area contributed by atoms with Crippen molar-refractivity contribution in [2.45, 2.75) is 32.9 Å². The van der Waals surface area contributed by atoms with Crippen LogP contribution in [-0.4, -0.2) is 9.78 Å². The average Bonchev–Trinajstić information content (AvgIpc) is 2.79. The second-order valence-corrected chi connectivity index (χ2v) is 4.93. The molecule has 0 bridgehead atoms. The minimum Gasteiger partial charge on any atom is -0.452 e. The van der Waals surface area contributed by atoms with Gasteiger partial charge >= 0.3 is 0 Å². The molecular formula is C14H18ClN3O. The molecule has 2 N–H and O–H groups in total. The number of halogens is 1. The SMILES string of the molecule is CCCn1cc(Oc2ccc([C@H](C)N)cc2Cl)cn1. The summed E-state index contributed by atoms with van der Waals surface area (Å²) in [7, 11) is 0. The van der Waals surface area contributed by atoms with Gasteiger partial charge in [0.05, 0.1) is 17.4 Å². The first-order valence-electron chi connectivity index (χ1n) is 6.35. The first-order valence-corrected chi connectivity index (χ1v) is 6.73. The van der Waals surface area contributed by atoms with Crippen LogP contribution in [0.5, 0.6) is 11.5 Å². The maximum atomic E-state index is 6.18. The second-order valence-electron chi connectivity index (χ2n) is 4.52. The molecule has 4 nitrogen and oxygen atoms in total. The lowest BCUT2D eigenvalue weighted by molar-refractivity contribution is 0.480. The molecule has 0 fully saturated rings. The minimum absolute atomic E-state index is 0.0427. The van der Waals surface area contributed by atoms with Gasteiger partial charge in [0.2, 0.25) is 0 Å². The van der Waals surface area contributed by atoms with Gasteiger partial charge < -0.3 is 10.5 Å². The van der Waals surface area contributed by atoms with Gasteiger partial charge in [-0.3, -0.25) is 4.68 Å². The molecular weight excluding hydrogens is 262 g/mol. The molecule has 5 heteroatoms. The molecule has 19 heavy (non-hydrogen) atoms. The second kappa shape index (κ2) is 6.08. The summed E-state index contributed by atoms with van der Waals surface area (Å²) >= 11 is 6.18. The van der Waals surface area contributed by atoms with Crippen molar-refractivity contribution < 1.29 is 4.74 Å². The first kappa shape index (κ1) is 13.9. The molecule has 2 rings (SSSR count). The van der Waals surface area contributed by atoms with Gasteiger partial charge in [0, 0.05) is 12.6 Å². The Balaban J connectivity index is 2.13. The maximum absolute atomic E-state index is 6.18. The summed E-state index contributed by atoms with van der Waals surface area (Å²) in [6.45, 7) is 4.90. The summed E-state index contributed by atoms with van der Waals surface area (Å²) in [5.74, 6) is 1.30. The van der Waals surface area contributed by atoms with Gasteiger partial charge in [-0.2, -0.15) is 5.10 Å². The van der Waals surface area contributed by atoms with Crippen molar-refractivity contribution in [3.63, 3.8) is 0 Å². The monoisotopic (exact) mass is 279 g/mol. The lowest BCUT2D eigenvalue weighted by Crippen LogP contribution is -2.04. The normalized spacial score (nSPS) is 12.4. The highest BCUT2D eigenvalue weighted by Crippen LogP contribution is 2.31. The quantitative estimate of drug-likeness (QED) is 0.907. The van der Waals surface area contributed by atoms with E-state index in [9.17, 15) is 0 Å². The van der Waals surface area contributed by atoms with Crippen LogP contribution in [0.1, 0.15) is 31.9 Å². The number of nitrogens with two attached hydrogens (primary N) is 1. The molecule has 0 aliphatic heterocycles. The molecule has 0 aliphatic rings. The number of nitrogens with zero attached hydrogens (tertiary/aromatic N) is 2. The number of hydrogen-bond acceptors (Lipinski definition) is 3. The van der Waals surface area contributed by atoms with Gasteiger partial charge in [0.25, 0.3) is 0 Å². The van der Waals surface area contributed by atoms with E-state index in [0.29, 0.717) is 16.5 Å². The molecule has 0 aliphatic carbocycles. The maximum Gasteiger partial charge on any atom is 0.165 e. The summed E-state index contributed by atoms with van der Waals surface area (Å²) in [5, 5.41) is 4.76. The highest BCUT2D eigenvalue weighted by molar-refractivity contribution is 6.32. The fraction of sp³-hybridized carbons (Fsp3) is 0.357. The van der Waals surface area contributed by atoms with Crippen LogP contribution < -0.4 is 10.5 Å². The van der Waals surface area contributed by atoms with Gasteiger partial charge in [-0.25, -0.2) is 0 Å². The zero-order valence-corrected chi connectivity index (χ0v) is 11.9. The Bertz CT molecular complexity index is 551. The molecule has 1 heterocycles. The van der Waals surface area contributed by atoms with Crippen LogP contribution in [0.2, 0.25) is 5.02 Å². The molecule has 0 saturated heterocycles. The summed E-state index contributed by atoms with van der Waals surface area (Å²) in [5.41, 5.74) is 6.79. The number of hydrogen-bond donors (Lipinski definition) is 1. The van der Waals surface area contributed by atoms with E-state index >= 15 is 0 Å². The zero-order chi connectivity index (χ0) is 13.8. The Labute approximate surface area is 118 Å². The van der Waals surface area contributed by atoms with Crippen LogP contribution >= 0.6 is 11.6 Å². The number of aromatic nitrogens is 2. The average molecular weight is 280 g/mol. The highest BCUT2D eigenvalue weighted by Gasteiger charge is 2.08. The molecule has 1 aromatic heterocycles. The number of benzene rings is 1. The molecule has 0 unspecified atom stereocenters. The Morgan fingerprint density at radius 3 is 2.89 bits per heavy atom. The number of ether oxygens (including phenoxy) is 1. The van der Waals surface area contributed by atoms with Gasteiger partial charge in [-0.15, -0.1) is 0 Å². The molecule has 0 saturated carbocycles. The molecule has 0 amide bonds. The van der Waals surface area contributed by atoms with Crippen molar-refractivity contribution in [1.82, 2.24) is 9.78 Å². The van der Waals surface area contributed by atoms with Crippen molar-refractivity contribution in [2.24, 2.45) is 5.73 Å². The predicted octanol–water partition coefficient (Wildman–Crippen LogP) is 3.76. The highest BCUT2D eigenvalue weighted by atomic mass is 35.5. The third-order valence-corrected chi connectivity index (χ3v) is 3.07. The summed E-state index contributed by atoms with van der Waals surface area (Å²) in [6.07, 6.45) is 4.58. The van der Waals surface area contributed by atoms with E-state index in [1.165, 1.54) is 0 Å². The molecule has 0 radical (unpaired) electrons. The molecule has 1 aromatic carbocycles. The Hall–Kier alpha value is -1.52. The van der Waals surface area contributed by atoms with E-state index in [4.69, 9.17) is 22.1 Å². The van der Waals surface area contributed by atoms with Crippen LogP contribution in [0.4, 0.5) is 0 Å². The zero-order valence-electron chi connectivity index (χ0n) is 11.1. The van der Waals surface area contributed by atoms with E-state index < -0.39 is 0 Å². The first-order chi connectivity index (χ1) is 9.10. The van der Waals surface area contributed by atoms with E-state index in [0.717, 1.165) is 18.5 Å². The van der Waals surface area contributed by atoms with Gasteiger partial charge in [0.1, 0.15) is 5.75 Å². The molecule has 102 valence electrons. The van der Waals surface area contributed by atoms with Crippen LogP contribution in [0, 0.1) is 0 Å². The summed E-state index contributed by atoms with van der Waals surface area (Å²) < 4.78 is 7.56. The third-order valence-electron chi connectivity index (χ3n) is 2.77. The molecule has 2 aromatic rings. The standard InChI is InChI=1S/C14H18ClN3O/c1-3-6-18-9-12(8-17-18)19-14-5-4-11(10(2)16)7-13(14)15/h4-5,7-10H,3,6,16H2,1-2H3/t10-/m0/s1. The smallest absolute Gasteiger partial charge is 0.165 e. The fourth-order valence-electron chi connectivity index (χ4n) is 1.76. The minimum atomic E-state index is -0.0427. The van der Waals surface area contributed by atoms with Crippen molar-refractivity contribution >= 4 is 11.6 Å².